The Morgan fingerprint density at radius 2 is 1.32 bits per heavy atom. The first-order chi connectivity index (χ1) is 16.7. The molecule has 0 saturated carbocycles. The number of nitrogens with zero attached hydrogens (tertiary/aromatic N) is 3. The van der Waals surface area contributed by atoms with Crippen molar-refractivity contribution in [2.45, 2.75) is 59.7 Å². The standard InChI is InChI=1S/C31H37N3/c1-4-7-22-33(23-26-20-18-25(5-2)19-21-26)24-29-30(27-14-10-8-11-15-27)32-31(34(29)6-3)28-16-12-9-13-17-28/h8-21H,4-7,22-24H2,1-3H3. The number of rotatable bonds is 11. The van der Waals surface area contributed by atoms with E-state index in [9.17, 15) is 0 Å². The fourth-order valence-corrected chi connectivity index (χ4v) is 4.57. The molecule has 0 aliphatic carbocycles. The van der Waals surface area contributed by atoms with E-state index in [-0.39, 0.29) is 0 Å². The maximum atomic E-state index is 5.22. The highest BCUT2D eigenvalue weighted by Gasteiger charge is 2.21. The molecule has 4 aromatic rings. The third kappa shape index (κ3) is 5.66. The van der Waals surface area contributed by atoms with Crippen LogP contribution >= 0.6 is 0 Å². The Morgan fingerprint density at radius 1 is 0.706 bits per heavy atom. The zero-order chi connectivity index (χ0) is 23.8. The van der Waals surface area contributed by atoms with Gasteiger partial charge in [0.25, 0.3) is 0 Å². The lowest BCUT2D eigenvalue weighted by Gasteiger charge is -2.24. The van der Waals surface area contributed by atoms with E-state index in [0.717, 1.165) is 44.1 Å². The minimum atomic E-state index is 0.882. The molecular weight excluding hydrogens is 414 g/mol. The van der Waals surface area contributed by atoms with Crippen molar-refractivity contribution in [1.82, 2.24) is 14.5 Å². The van der Waals surface area contributed by atoms with Crippen LogP contribution in [0.5, 0.6) is 0 Å². The van der Waals surface area contributed by atoms with Gasteiger partial charge in [0.15, 0.2) is 0 Å². The molecule has 3 heteroatoms. The van der Waals surface area contributed by atoms with Gasteiger partial charge in [0.05, 0.1) is 11.4 Å². The summed E-state index contributed by atoms with van der Waals surface area (Å²) in [6.45, 7) is 10.5. The van der Waals surface area contributed by atoms with E-state index in [1.165, 1.54) is 40.8 Å². The van der Waals surface area contributed by atoms with E-state index in [0.29, 0.717) is 0 Å². The molecule has 0 amide bonds. The lowest BCUT2D eigenvalue weighted by Crippen LogP contribution is -2.26. The number of imidazole rings is 1. The summed E-state index contributed by atoms with van der Waals surface area (Å²) >= 11 is 0. The predicted molar refractivity (Wildman–Crippen MR) is 144 cm³/mol. The van der Waals surface area contributed by atoms with Crippen LogP contribution in [-0.4, -0.2) is 21.0 Å². The minimum absolute atomic E-state index is 0.882. The lowest BCUT2D eigenvalue weighted by molar-refractivity contribution is 0.247. The molecule has 4 rings (SSSR count). The molecular formula is C31H37N3. The van der Waals surface area contributed by atoms with Crippen molar-refractivity contribution in [3.8, 4) is 22.6 Å². The van der Waals surface area contributed by atoms with Crippen LogP contribution in [0.2, 0.25) is 0 Å². The summed E-state index contributed by atoms with van der Waals surface area (Å²) < 4.78 is 2.41. The van der Waals surface area contributed by atoms with Gasteiger partial charge in [-0.3, -0.25) is 4.90 Å². The van der Waals surface area contributed by atoms with Crippen molar-refractivity contribution in [2.75, 3.05) is 6.54 Å². The minimum Gasteiger partial charge on any atom is -0.327 e. The summed E-state index contributed by atoms with van der Waals surface area (Å²) in [4.78, 5) is 7.81. The van der Waals surface area contributed by atoms with E-state index in [2.05, 4.69) is 115 Å². The fraction of sp³-hybridized carbons (Fsp3) is 0.323. The van der Waals surface area contributed by atoms with Crippen molar-refractivity contribution in [1.29, 1.82) is 0 Å². The number of aromatic nitrogens is 2. The molecule has 0 atom stereocenters. The number of hydrogen-bond acceptors (Lipinski definition) is 2. The van der Waals surface area contributed by atoms with Gasteiger partial charge < -0.3 is 4.57 Å². The summed E-state index contributed by atoms with van der Waals surface area (Å²) in [6, 6.07) is 30.4. The molecule has 0 unspecified atom stereocenters. The highest BCUT2D eigenvalue weighted by atomic mass is 15.2. The summed E-state index contributed by atoms with van der Waals surface area (Å²) in [7, 11) is 0. The third-order valence-electron chi connectivity index (χ3n) is 6.51. The monoisotopic (exact) mass is 451 g/mol. The molecule has 176 valence electrons. The molecule has 0 spiro atoms. The molecule has 0 fully saturated rings. The van der Waals surface area contributed by atoms with Crippen LogP contribution in [0, 0.1) is 0 Å². The highest BCUT2D eigenvalue weighted by Crippen LogP contribution is 2.31. The molecule has 3 nitrogen and oxygen atoms in total. The molecule has 0 aliphatic heterocycles. The zero-order valence-electron chi connectivity index (χ0n) is 20.9. The first-order valence-corrected chi connectivity index (χ1v) is 12.7. The maximum absolute atomic E-state index is 5.22. The van der Waals surface area contributed by atoms with E-state index in [1.807, 2.05) is 0 Å². The molecule has 1 aromatic heterocycles. The van der Waals surface area contributed by atoms with Crippen molar-refractivity contribution in [3.05, 3.63) is 102 Å². The Kier molecular flexibility index (Phi) is 8.32. The van der Waals surface area contributed by atoms with Crippen LogP contribution in [0.4, 0.5) is 0 Å². The van der Waals surface area contributed by atoms with Gasteiger partial charge in [0.2, 0.25) is 0 Å². The van der Waals surface area contributed by atoms with Gasteiger partial charge in [-0.15, -0.1) is 0 Å². The van der Waals surface area contributed by atoms with E-state index in [1.54, 1.807) is 0 Å². The van der Waals surface area contributed by atoms with Gasteiger partial charge in [0, 0.05) is 30.8 Å². The van der Waals surface area contributed by atoms with Crippen LogP contribution in [0.1, 0.15) is 50.4 Å². The summed E-state index contributed by atoms with van der Waals surface area (Å²) in [5.41, 5.74) is 7.53. The predicted octanol–water partition coefficient (Wildman–Crippen LogP) is 7.60. The quantitative estimate of drug-likeness (QED) is 0.234. The molecule has 0 saturated heterocycles. The Balaban J connectivity index is 1.73. The first kappa shape index (κ1) is 24.0. The molecule has 3 aromatic carbocycles. The van der Waals surface area contributed by atoms with E-state index in [4.69, 9.17) is 4.98 Å². The number of unbranched alkanes of at least 4 members (excludes halogenated alkanes) is 1. The van der Waals surface area contributed by atoms with Crippen molar-refractivity contribution < 1.29 is 0 Å². The van der Waals surface area contributed by atoms with Crippen molar-refractivity contribution >= 4 is 0 Å². The molecule has 0 aliphatic rings. The van der Waals surface area contributed by atoms with Crippen molar-refractivity contribution in [2.24, 2.45) is 0 Å². The largest absolute Gasteiger partial charge is 0.327 e. The second-order valence-corrected chi connectivity index (χ2v) is 8.94. The Bertz CT molecular complexity index is 1140. The molecule has 34 heavy (non-hydrogen) atoms. The Labute approximate surface area is 205 Å². The fourth-order valence-electron chi connectivity index (χ4n) is 4.57. The second kappa shape index (κ2) is 11.8. The van der Waals surface area contributed by atoms with Gasteiger partial charge in [-0.25, -0.2) is 4.98 Å². The third-order valence-corrected chi connectivity index (χ3v) is 6.51. The average Bonchev–Trinajstić information content (AvgIpc) is 3.26. The summed E-state index contributed by atoms with van der Waals surface area (Å²) in [6.07, 6.45) is 3.47. The van der Waals surface area contributed by atoms with Crippen LogP contribution < -0.4 is 0 Å². The van der Waals surface area contributed by atoms with Gasteiger partial charge in [-0.2, -0.15) is 0 Å². The van der Waals surface area contributed by atoms with Gasteiger partial charge >= 0.3 is 0 Å². The first-order valence-electron chi connectivity index (χ1n) is 12.7. The van der Waals surface area contributed by atoms with Crippen LogP contribution in [0.25, 0.3) is 22.6 Å². The summed E-state index contributed by atoms with van der Waals surface area (Å²) in [5.74, 6) is 1.06. The van der Waals surface area contributed by atoms with Gasteiger partial charge in [-0.1, -0.05) is 105 Å². The normalized spacial score (nSPS) is 11.3. The zero-order valence-corrected chi connectivity index (χ0v) is 20.9. The van der Waals surface area contributed by atoms with E-state index >= 15 is 0 Å². The number of hydrogen-bond donors (Lipinski definition) is 0. The van der Waals surface area contributed by atoms with Crippen LogP contribution in [0.3, 0.4) is 0 Å². The lowest BCUT2D eigenvalue weighted by atomic mass is 10.1. The van der Waals surface area contributed by atoms with Crippen LogP contribution in [-0.2, 0) is 26.1 Å². The topological polar surface area (TPSA) is 21.1 Å². The molecule has 0 N–H and O–H groups in total. The number of aryl methyl sites for hydroxylation is 1. The SMILES string of the molecule is CCCCN(Cc1ccc(CC)cc1)Cc1c(-c2ccccc2)nc(-c2ccccc2)n1CC. The maximum Gasteiger partial charge on any atom is 0.140 e. The van der Waals surface area contributed by atoms with E-state index < -0.39 is 0 Å². The summed E-state index contributed by atoms with van der Waals surface area (Å²) in [5, 5.41) is 0. The Morgan fingerprint density at radius 3 is 1.91 bits per heavy atom. The van der Waals surface area contributed by atoms with Crippen molar-refractivity contribution in [3.63, 3.8) is 0 Å². The average molecular weight is 452 g/mol. The smallest absolute Gasteiger partial charge is 0.140 e. The van der Waals surface area contributed by atoms with Crippen LogP contribution in [0.15, 0.2) is 84.9 Å². The molecule has 0 bridgehead atoms. The molecule has 0 radical (unpaired) electrons. The molecule has 1 heterocycles. The highest BCUT2D eigenvalue weighted by molar-refractivity contribution is 5.68. The number of benzene rings is 3. The van der Waals surface area contributed by atoms with Gasteiger partial charge in [-0.05, 0) is 37.4 Å². The Hall–Kier alpha value is -3.17. The van der Waals surface area contributed by atoms with Gasteiger partial charge in [0.1, 0.15) is 5.82 Å². The second-order valence-electron chi connectivity index (χ2n) is 8.94.